The molecule has 2 unspecified atom stereocenters. The Morgan fingerprint density at radius 1 is 1.45 bits per heavy atom. The van der Waals surface area contributed by atoms with Gasteiger partial charge in [-0.1, -0.05) is 19.9 Å². The van der Waals surface area contributed by atoms with Gasteiger partial charge in [0.25, 0.3) is 0 Å². The third-order valence-electron chi connectivity index (χ3n) is 4.30. The summed E-state index contributed by atoms with van der Waals surface area (Å²) in [7, 11) is 0. The zero-order chi connectivity index (χ0) is 14.9. The molecule has 1 aliphatic rings. The first-order valence-electron chi connectivity index (χ1n) is 6.70. The monoisotopic (exact) mass is 271 g/mol. The highest BCUT2D eigenvalue weighted by Gasteiger charge is 2.39. The van der Waals surface area contributed by atoms with Crippen molar-refractivity contribution in [3.05, 3.63) is 35.1 Å². The molecule has 1 aliphatic carbocycles. The molecule has 0 saturated heterocycles. The first kappa shape index (κ1) is 14.4. The second kappa shape index (κ2) is 5.16. The topological polar surface area (TPSA) is 71.5 Å². The van der Waals surface area contributed by atoms with Gasteiger partial charge in [0.05, 0.1) is 5.56 Å². The van der Waals surface area contributed by atoms with Crippen LogP contribution < -0.4 is 0 Å². The summed E-state index contributed by atoms with van der Waals surface area (Å²) in [5, 5.41) is 24.6. The van der Waals surface area contributed by atoms with Crippen molar-refractivity contribution in [1.29, 1.82) is 16.1 Å². The van der Waals surface area contributed by atoms with Gasteiger partial charge >= 0.3 is 0 Å². The fraction of sp³-hybridized carbons (Fsp3) is 0.438. The summed E-state index contributed by atoms with van der Waals surface area (Å²) in [5.74, 6) is -0.855. The van der Waals surface area contributed by atoms with Gasteiger partial charge in [-0.2, -0.15) is 5.26 Å². The first-order valence-corrected chi connectivity index (χ1v) is 6.70. The van der Waals surface area contributed by atoms with E-state index >= 15 is 0 Å². The van der Waals surface area contributed by atoms with Gasteiger partial charge in [0, 0.05) is 23.3 Å². The van der Waals surface area contributed by atoms with Crippen molar-refractivity contribution in [2.75, 3.05) is 0 Å². The zero-order valence-electron chi connectivity index (χ0n) is 11.7. The summed E-state index contributed by atoms with van der Waals surface area (Å²) in [6, 6.07) is 6.42. The minimum absolute atomic E-state index is 0.0337. The molecule has 4 heteroatoms. The maximum absolute atomic E-state index is 13.8. The Morgan fingerprint density at radius 2 is 2.15 bits per heavy atom. The molecule has 20 heavy (non-hydrogen) atoms. The molecule has 1 aromatic carbocycles. The first-order chi connectivity index (χ1) is 9.40. The number of halogens is 1. The number of nitrogens with zero attached hydrogens (tertiary/aromatic N) is 1. The van der Waals surface area contributed by atoms with Gasteiger partial charge in [0.2, 0.25) is 0 Å². The lowest BCUT2D eigenvalue weighted by atomic mass is 9.64. The van der Waals surface area contributed by atoms with Gasteiger partial charge in [0.15, 0.2) is 0 Å². The Kier molecular flexibility index (Phi) is 3.71. The van der Waals surface area contributed by atoms with E-state index in [4.69, 9.17) is 16.1 Å². The summed E-state index contributed by atoms with van der Waals surface area (Å²) in [4.78, 5) is 0. The standard InChI is InChI=1S/C16H18FN3/c1-16(2)6-5-12(13(9-19)15(16)20)10-3-4-11(8-18)14(17)7-10/h3-4,7,9,12-13,19-20H,5-6H2,1-2H3. The molecular formula is C16H18FN3. The lowest BCUT2D eigenvalue weighted by Crippen LogP contribution is -2.39. The van der Waals surface area contributed by atoms with Crippen LogP contribution in [-0.2, 0) is 0 Å². The largest absolute Gasteiger partial charge is 0.312 e. The van der Waals surface area contributed by atoms with E-state index in [-0.39, 0.29) is 22.8 Å². The Bertz CT molecular complexity index is 598. The van der Waals surface area contributed by atoms with Gasteiger partial charge in [-0.15, -0.1) is 0 Å². The van der Waals surface area contributed by atoms with Crippen LogP contribution in [0, 0.1) is 39.3 Å². The van der Waals surface area contributed by atoms with Gasteiger partial charge in [-0.05, 0) is 36.5 Å². The van der Waals surface area contributed by atoms with E-state index < -0.39 is 5.82 Å². The molecule has 0 radical (unpaired) electrons. The summed E-state index contributed by atoms with van der Waals surface area (Å²) in [6.07, 6.45) is 2.97. The normalized spacial score (nSPS) is 25.0. The van der Waals surface area contributed by atoms with Crippen molar-refractivity contribution in [3.8, 4) is 6.07 Å². The summed E-state index contributed by atoms with van der Waals surface area (Å²) >= 11 is 0. The average Bonchev–Trinajstić information content (AvgIpc) is 2.41. The quantitative estimate of drug-likeness (QED) is 0.787. The molecule has 0 bridgehead atoms. The third kappa shape index (κ3) is 2.36. The molecule has 0 spiro atoms. The molecule has 1 saturated carbocycles. The number of rotatable bonds is 2. The molecule has 104 valence electrons. The Labute approximate surface area is 118 Å². The van der Waals surface area contributed by atoms with Crippen LogP contribution in [0.15, 0.2) is 18.2 Å². The molecule has 0 amide bonds. The van der Waals surface area contributed by atoms with Crippen LogP contribution in [0.5, 0.6) is 0 Å². The number of nitrogens with one attached hydrogen (secondary N) is 2. The molecule has 3 nitrogen and oxygen atoms in total. The van der Waals surface area contributed by atoms with E-state index in [1.54, 1.807) is 6.07 Å². The predicted octanol–water partition coefficient (Wildman–Crippen LogP) is 3.89. The van der Waals surface area contributed by atoms with Crippen LogP contribution >= 0.6 is 0 Å². The zero-order valence-corrected chi connectivity index (χ0v) is 11.7. The Morgan fingerprint density at radius 3 is 2.70 bits per heavy atom. The fourth-order valence-corrected chi connectivity index (χ4v) is 2.91. The van der Waals surface area contributed by atoms with Crippen LogP contribution in [0.1, 0.15) is 43.7 Å². The number of hydrogen-bond donors (Lipinski definition) is 2. The molecular weight excluding hydrogens is 253 g/mol. The van der Waals surface area contributed by atoms with E-state index in [1.165, 1.54) is 18.3 Å². The molecule has 2 N–H and O–H groups in total. The molecule has 0 aromatic heterocycles. The van der Waals surface area contributed by atoms with Gasteiger partial charge in [0.1, 0.15) is 11.9 Å². The van der Waals surface area contributed by atoms with Crippen molar-refractivity contribution in [1.82, 2.24) is 0 Å². The second-order valence-corrected chi connectivity index (χ2v) is 5.99. The Balaban J connectivity index is 2.38. The van der Waals surface area contributed by atoms with Crippen LogP contribution in [0.3, 0.4) is 0 Å². The minimum atomic E-state index is -0.523. The van der Waals surface area contributed by atoms with E-state index in [0.29, 0.717) is 5.71 Å². The van der Waals surface area contributed by atoms with Crippen LogP contribution in [-0.4, -0.2) is 11.9 Å². The van der Waals surface area contributed by atoms with E-state index in [9.17, 15) is 4.39 Å². The van der Waals surface area contributed by atoms with Gasteiger partial charge < -0.3 is 10.8 Å². The van der Waals surface area contributed by atoms with Crippen LogP contribution in [0.25, 0.3) is 0 Å². The Hall–Kier alpha value is -2.02. The summed E-state index contributed by atoms with van der Waals surface area (Å²) in [5.41, 5.74) is 1.14. The van der Waals surface area contributed by atoms with Gasteiger partial charge in [-0.25, -0.2) is 4.39 Å². The maximum Gasteiger partial charge on any atom is 0.141 e. The lowest BCUT2D eigenvalue weighted by Gasteiger charge is -2.40. The highest BCUT2D eigenvalue weighted by Crippen LogP contribution is 2.43. The number of benzene rings is 1. The predicted molar refractivity (Wildman–Crippen MR) is 76.9 cm³/mol. The van der Waals surface area contributed by atoms with Crippen molar-refractivity contribution in [3.63, 3.8) is 0 Å². The summed E-state index contributed by atoms with van der Waals surface area (Å²) < 4.78 is 13.8. The smallest absolute Gasteiger partial charge is 0.141 e. The minimum Gasteiger partial charge on any atom is -0.312 e. The van der Waals surface area contributed by atoms with E-state index in [0.717, 1.165) is 18.4 Å². The molecule has 2 rings (SSSR count). The fourth-order valence-electron chi connectivity index (χ4n) is 2.91. The van der Waals surface area contributed by atoms with Crippen molar-refractivity contribution in [2.45, 2.75) is 32.6 Å². The van der Waals surface area contributed by atoms with Crippen LogP contribution in [0.4, 0.5) is 4.39 Å². The highest BCUT2D eigenvalue weighted by molar-refractivity contribution is 6.01. The molecule has 0 aliphatic heterocycles. The second-order valence-electron chi connectivity index (χ2n) is 5.99. The molecule has 0 heterocycles. The van der Waals surface area contributed by atoms with E-state index in [1.807, 2.05) is 19.9 Å². The summed E-state index contributed by atoms with van der Waals surface area (Å²) in [6.45, 7) is 4.03. The van der Waals surface area contributed by atoms with Crippen molar-refractivity contribution < 1.29 is 4.39 Å². The van der Waals surface area contributed by atoms with Crippen molar-refractivity contribution in [2.24, 2.45) is 11.3 Å². The highest BCUT2D eigenvalue weighted by atomic mass is 19.1. The number of nitriles is 1. The van der Waals surface area contributed by atoms with Gasteiger partial charge in [-0.3, -0.25) is 0 Å². The SMILES string of the molecule is CC1(C)CCC(c2ccc(C#N)c(F)c2)C(C=N)C1=N. The van der Waals surface area contributed by atoms with Crippen LogP contribution in [0.2, 0.25) is 0 Å². The number of hydrogen-bond acceptors (Lipinski definition) is 3. The maximum atomic E-state index is 13.8. The third-order valence-corrected chi connectivity index (χ3v) is 4.30. The molecule has 2 atom stereocenters. The average molecular weight is 271 g/mol. The lowest BCUT2D eigenvalue weighted by molar-refractivity contribution is 0.358. The molecule has 1 fully saturated rings. The van der Waals surface area contributed by atoms with E-state index in [2.05, 4.69) is 0 Å². The van der Waals surface area contributed by atoms with Crippen molar-refractivity contribution >= 4 is 11.9 Å². The molecule has 1 aromatic rings.